The van der Waals surface area contributed by atoms with Crippen LogP contribution >= 0.6 is 7.52 Å². The topological polar surface area (TPSA) is 38.3 Å². The summed E-state index contributed by atoms with van der Waals surface area (Å²) in [6, 6.07) is 13.8. The Bertz CT molecular complexity index is 693. The molecule has 0 aliphatic rings. The summed E-state index contributed by atoms with van der Waals surface area (Å²) in [7, 11) is -2.97. The van der Waals surface area contributed by atoms with Gasteiger partial charge in [-0.3, -0.25) is 4.57 Å². The first kappa shape index (κ1) is 16.6. The van der Waals surface area contributed by atoms with Crippen molar-refractivity contribution in [2.45, 2.75) is 33.6 Å². The molecule has 1 N–H and O–H groups in total. The molecule has 0 saturated carbocycles. The number of benzene rings is 2. The van der Waals surface area contributed by atoms with E-state index in [1.807, 2.05) is 56.3 Å². The Morgan fingerprint density at radius 3 is 2.27 bits per heavy atom. The maximum absolute atomic E-state index is 12.7. The minimum atomic E-state index is -2.97. The molecule has 0 bridgehead atoms. The van der Waals surface area contributed by atoms with Crippen LogP contribution in [-0.2, 0) is 4.57 Å². The van der Waals surface area contributed by atoms with Gasteiger partial charge in [0.25, 0.3) is 0 Å². The third kappa shape index (κ3) is 4.38. The zero-order valence-electron chi connectivity index (χ0n) is 13.9. The predicted molar refractivity (Wildman–Crippen MR) is 94.2 cm³/mol. The van der Waals surface area contributed by atoms with Crippen LogP contribution in [0.1, 0.15) is 36.5 Å². The normalized spacial score (nSPS) is 13.7. The molecule has 0 radical (unpaired) electrons. The lowest BCUT2D eigenvalue weighted by Crippen LogP contribution is -2.03. The third-order valence-electron chi connectivity index (χ3n) is 3.54. The first-order valence-electron chi connectivity index (χ1n) is 7.49. The minimum absolute atomic E-state index is 0.468. The van der Waals surface area contributed by atoms with Crippen molar-refractivity contribution in [1.82, 2.24) is 0 Å². The summed E-state index contributed by atoms with van der Waals surface area (Å²) in [6.45, 7) is 9.88. The van der Waals surface area contributed by atoms with E-state index >= 15 is 0 Å². The lowest BCUT2D eigenvalue weighted by molar-refractivity contribution is 0.493. The van der Waals surface area contributed by atoms with Crippen molar-refractivity contribution in [3.05, 3.63) is 59.2 Å². The van der Waals surface area contributed by atoms with Crippen LogP contribution in [0.3, 0.4) is 0 Å². The van der Waals surface area contributed by atoms with Gasteiger partial charge in [0.1, 0.15) is 5.75 Å². The molecule has 0 heterocycles. The number of rotatable bonds is 5. The summed E-state index contributed by atoms with van der Waals surface area (Å²) >= 11 is 0. The molecule has 0 fully saturated rings. The maximum Gasteiger partial charge on any atom is 0.338 e. The number of hydrogen-bond acceptors (Lipinski definition) is 2. The molecular formula is C18H24NO2P. The molecule has 0 spiro atoms. The molecule has 0 aliphatic heterocycles. The molecule has 0 aliphatic carbocycles. The Morgan fingerprint density at radius 2 is 1.68 bits per heavy atom. The van der Waals surface area contributed by atoms with Crippen molar-refractivity contribution in [2.24, 2.45) is 0 Å². The van der Waals surface area contributed by atoms with Crippen molar-refractivity contribution >= 4 is 13.2 Å². The van der Waals surface area contributed by atoms with Crippen molar-refractivity contribution in [3.8, 4) is 5.75 Å². The zero-order chi connectivity index (χ0) is 16.3. The Kier molecular flexibility index (Phi) is 4.97. The number of nitrogens with one attached hydrogen (secondary N) is 1. The molecular weight excluding hydrogens is 293 g/mol. The van der Waals surface area contributed by atoms with Crippen molar-refractivity contribution in [1.29, 1.82) is 0 Å². The van der Waals surface area contributed by atoms with E-state index in [0.29, 0.717) is 11.7 Å². The summed E-state index contributed by atoms with van der Waals surface area (Å²) in [4.78, 5) is 0. The van der Waals surface area contributed by atoms with Gasteiger partial charge in [-0.2, -0.15) is 0 Å². The molecule has 0 saturated heterocycles. The molecule has 2 aromatic carbocycles. The van der Waals surface area contributed by atoms with Crippen LogP contribution in [0.4, 0.5) is 5.69 Å². The molecule has 22 heavy (non-hydrogen) atoms. The van der Waals surface area contributed by atoms with E-state index in [-0.39, 0.29) is 0 Å². The molecule has 0 unspecified atom stereocenters. The molecule has 1 atom stereocenters. The lowest BCUT2D eigenvalue weighted by atomic mass is 10.0. The summed E-state index contributed by atoms with van der Waals surface area (Å²) in [5, 5.41) is 3.05. The van der Waals surface area contributed by atoms with E-state index in [2.05, 4.69) is 18.9 Å². The molecule has 118 valence electrons. The molecule has 3 nitrogen and oxygen atoms in total. The van der Waals surface area contributed by atoms with Crippen LogP contribution in [-0.4, -0.2) is 6.66 Å². The van der Waals surface area contributed by atoms with Gasteiger partial charge in [0.05, 0.1) is 0 Å². The molecule has 0 amide bonds. The van der Waals surface area contributed by atoms with Gasteiger partial charge in [-0.15, -0.1) is 0 Å². The number of anilines is 1. The highest BCUT2D eigenvalue weighted by molar-refractivity contribution is 7.60. The first-order chi connectivity index (χ1) is 10.3. The number of hydrogen-bond donors (Lipinski definition) is 1. The Labute approximate surface area is 133 Å². The quantitative estimate of drug-likeness (QED) is 0.714. The van der Waals surface area contributed by atoms with Crippen LogP contribution < -0.4 is 9.61 Å². The van der Waals surface area contributed by atoms with Gasteiger partial charge in [0.15, 0.2) is 0 Å². The van der Waals surface area contributed by atoms with Gasteiger partial charge in [-0.25, -0.2) is 0 Å². The molecule has 2 aromatic rings. The van der Waals surface area contributed by atoms with E-state index in [9.17, 15) is 4.57 Å². The van der Waals surface area contributed by atoms with E-state index in [4.69, 9.17) is 4.52 Å². The van der Waals surface area contributed by atoms with Gasteiger partial charge < -0.3 is 9.61 Å². The van der Waals surface area contributed by atoms with Gasteiger partial charge in [0, 0.05) is 12.4 Å². The highest BCUT2D eigenvalue weighted by Crippen LogP contribution is 2.44. The molecule has 2 rings (SSSR count). The highest BCUT2D eigenvalue weighted by atomic mass is 31.2. The van der Waals surface area contributed by atoms with E-state index in [0.717, 1.165) is 16.8 Å². The van der Waals surface area contributed by atoms with Crippen molar-refractivity contribution in [3.63, 3.8) is 0 Å². The second-order valence-corrected chi connectivity index (χ2v) is 8.19. The van der Waals surface area contributed by atoms with Crippen LogP contribution in [0.15, 0.2) is 42.5 Å². The predicted octanol–water partition coefficient (Wildman–Crippen LogP) is 5.74. The Hall–Kier alpha value is -1.73. The minimum Gasteiger partial charge on any atom is -0.429 e. The van der Waals surface area contributed by atoms with E-state index < -0.39 is 7.52 Å². The highest BCUT2D eigenvalue weighted by Gasteiger charge is 2.18. The SMILES string of the molecule is Cc1ccc(C)c(N[P@@](C)(=O)Oc2ccc(C(C)C)cc2)c1. The first-order valence-corrected chi connectivity index (χ1v) is 9.56. The number of aryl methyl sites for hydroxylation is 2. The summed E-state index contributed by atoms with van der Waals surface area (Å²) in [5.74, 6) is 1.09. The second kappa shape index (κ2) is 6.58. The van der Waals surface area contributed by atoms with Crippen molar-refractivity contribution < 1.29 is 9.09 Å². The fourth-order valence-corrected chi connectivity index (χ4v) is 3.46. The maximum atomic E-state index is 12.7. The van der Waals surface area contributed by atoms with Crippen molar-refractivity contribution in [2.75, 3.05) is 11.8 Å². The largest absolute Gasteiger partial charge is 0.429 e. The summed E-state index contributed by atoms with van der Waals surface area (Å²) in [5.41, 5.74) is 4.26. The average Bonchev–Trinajstić information content (AvgIpc) is 2.42. The van der Waals surface area contributed by atoms with Gasteiger partial charge in [0.2, 0.25) is 0 Å². The van der Waals surface area contributed by atoms with Gasteiger partial charge in [-0.05, 0) is 54.7 Å². The molecule has 0 aromatic heterocycles. The second-order valence-electron chi connectivity index (χ2n) is 6.09. The lowest BCUT2D eigenvalue weighted by Gasteiger charge is -2.19. The van der Waals surface area contributed by atoms with E-state index in [1.54, 1.807) is 6.66 Å². The van der Waals surface area contributed by atoms with Crippen LogP contribution in [0, 0.1) is 13.8 Å². The monoisotopic (exact) mass is 317 g/mol. The van der Waals surface area contributed by atoms with Gasteiger partial charge in [-0.1, -0.05) is 38.1 Å². The summed E-state index contributed by atoms with van der Waals surface area (Å²) in [6.07, 6.45) is 0. The van der Waals surface area contributed by atoms with Crippen LogP contribution in [0.5, 0.6) is 5.75 Å². The Balaban J connectivity index is 2.13. The molecule has 4 heteroatoms. The van der Waals surface area contributed by atoms with Crippen LogP contribution in [0.25, 0.3) is 0 Å². The fraction of sp³-hybridized carbons (Fsp3) is 0.333. The third-order valence-corrected chi connectivity index (χ3v) is 4.75. The Morgan fingerprint density at radius 1 is 1.05 bits per heavy atom. The smallest absolute Gasteiger partial charge is 0.338 e. The average molecular weight is 317 g/mol. The van der Waals surface area contributed by atoms with Crippen LogP contribution in [0.2, 0.25) is 0 Å². The summed E-state index contributed by atoms with van der Waals surface area (Å²) < 4.78 is 18.4. The standard InChI is InChI=1S/C18H24NO2P/c1-13(2)16-8-10-17(11-9-16)21-22(5,20)19-18-12-14(3)6-7-15(18)4/h6-13H,1-5H3,(H,19,20)/t22-/m0/s1. The van der Waals surface area contributed by atoms with Gasteiger partial charge >= 0.3 is 7.52 Å². The fourth-order valence-electron chi connectivity index (χ4n) is 2.21. The van der Waals surface area contributed by atoms with E-state index in [1.165, 1.54) is 5.56 Å². The zero-order valence-corrected chi connectivity index (χ0v) is 14.8.